The molecule has 0 aliphatic carbocycles. The number of likely N-dealkylation sites (N-methyl/N-ethyl adjacent to an activating group) is 1. The zero-order chi connectivity index (χ0) is 14.7. The van der Waals surface area contributed by atoms with E-state index >= 15 is 0 Å². The molecule has 1 aliphatic heterocycles. The predicted octanol–water partition coefficient (Wildman–Crippen LogP) is 2.12. The van der Waals surface area contributed by atoms with E-state index in [4.69, 9.17) is 15.7 Å². The summed E-state index contributed by atoms with van der Waals surface area (Å²) < 4.78 is 5.63. The van der Waals surface area contributed by atoms with Crippen LogP contribution in [0.3, 0.4) is 0 Å². The lowest BCUT2D eigenvalue weighted by Crippen LogP contribution is -2.38. The zero-order valence-corrected chi connectivity index (χ0v) is 12.9. The minimum atomic E-state index is 0.142. The topological polar surface area (TPSA) is 71.1 Å². The molecule has 0 saturated carbocycles. The third kappa shape index (κ3) is 2.71. The number of rotatable bonds is 4. The van der Waals surface area contributed by atoms with Crippen LogP contribution in [0.15, 0.2) is 28.3 Å². The van der Waals surface area contributed by atoms with Gasteiger partial charge in [0.15, 0.2) is 5.84 Å². The number of thioether (sulfide) groups is 1. The van der Waals surface area contributed by atoms with Crippen LogP contribution >= 0.6 is 11.8 Å². The average Bonchev–Trinajstić information content (AvgIpc) is 2.90. The SMILES string of the molecule is CSc1cccc(N(C)C2CCOC2C)c1/C(N)=N/O. The standard InChI is InChI=1S/C14H21N3O2S/c1-9-10(7-8-19-9)17(2)11-5-4-6-12(20-3)13(11)14(15)16-18/h4-6,9-10,18H,7-8H2,1-3H3,(H2,15,16). The number of amidine groups is 1. The summed E-state index contributed by atoms with van der Waals surface area (Å²) in [5.74, 6) is 0.142. The molecule has 110 valence electrons. The van der Waals surface area contributed by atoms with E-state index in [1.54, 1.807) is 11.8 Å². The number of hydrogen-bond donors (Lipinski definition) is 2. The van der Waals surface area contributed by atoms with Gasteiger partial charge in [-0.1, -0.05) is 11.2 Å². The molecule has 0 aromatic heterocycles. The maximum absolute atomic E-state index is 9.04. The minimum absolute atomic E-state index is 0.142. The number of nitrogens with zero attached hydrogens (tertiary/aromatic N) is 2. The highest BCUT2D eigenvalue weighted by Gasteiger charge is 2.30. The van der Waals surface area contributed by atoms with E-state index in [0.29, 0.717) is 6.04 Å². The van der Waals surface area contributed by atoms with Gasteiger partial charge in [-0.25, -0.2) is 0 Å². The fourth-order valence-electron chi connectivity index (χ4n) is 2.70. The molecule has 3 N–H and O–H groups in total. The molecular formula is C14H21N3O2S. The first-order valence-corrected chi connectivity index (χ1v) is 7.82. The molecule has 2 atom stereocenters. The Bertz CT molecular complexity index is 507. The molecule has 0 bridgehead atoms. The quantitative estimate of drug-likeness (QED) is 0.293. The molecular weight excluding hydrogens is 274 g/mol. The van der Waals surface area contributed by atoms with Crippen molar-refractivity contribution in [1.29, 1.82) is 0 Å². The summed E-state index contributed by atoms with van der Waals surface area (Å²) in [6.07, 6.45) is 3.14. The van der Waals surface area contributed by atoms with Gasteiger partial charge in [-0.05, 0) is 31.7 Å². The Balaban J connectivity index is 2.45. The second-order valence-corrected chi connectivity index (χ2v) is 5.73. The molecule has 0 amide bonds. The number of benzene rings is 1. The van der Waals surface area contributed by atoms with Gasteiger partial charge in [0.1, 0.15) is 0 Å². The van der Waals surface area contributed by atoms with Crippen LogP contribution in [0, 0.1) is 0 Å². The van der Waals surface area contributed by atoms with Gasteiger partial charge in [0, 0.05) is 24.2 Å². The summed E-state index contributed by atoms with van der Waals surface area (Å²) in [7, 11) is 2.03. The molecule has 1 aromatic carbocycles. The van der Waals surface area contributed by atoms with E-state index in [2.05, 4.69) is 17.0 Å². The van der Waals surface area contributed by atoms with Crippen molar-refractivity contribution in [2.45, 2.75) is 30.4 Å². The second-order valence-electron chi connectivity index (χ2n) is 4.88. The number of oxime groups is 1. The Morgan fingerprint density at radius 3 is 2.85 bits per heavy atom. The lowest BCUT2D eigenvalue weighted by Gasteiger charge is -2.31. The van der Waals surface area contributed by atoms with Crippen LogP contribution in [0.1, 0.15) is 18.9 Å². The highest BCUT2D eigenvalue weighted by atomic mass is 32.2. The Kier molecular flexibility index (Phi) is 4.77. The van der Waals surface area contributed by atoms with Gasteiger partial charge < -0.3 is 20.6 Å². The largest absolute Gasteiger partial charge is 0.409 e. The van der Waals surface area contributed by atoms with E-state index in [1.165, 1.54) is 0 Å². The molecule has 1 saturated heterocycles. The van der Waals surface area contributed by atoms with Gasteiger partial charge in [0.05, 0.1) is 17.7 Å². The summed E-state index contributed by atoms with van der Waals surface area (Å²) in [5.41, 5.74) is 7.62. The fourth-order valence-corrected chi connectivity index (χ4v) is 3.33. The number of anilines is 1. The van der Waals surface area contributed by atoms with Crippen molar-refractivity contribution in [3.63, 3.8) is 0 Å². The minimum Gasteiger partial charge on any atom is -0.409 e. The summed E-state index contributed by atoms with van der Waals surface area (Å²) in [6.45, 7) is 2.85. The highest BCUT2D eigenvalue weighted by Crippen LogP contribution is 2.32. The smallest absolute Gasteiger partial charge is 0.173 e. The summed E-state index contributed by atoms with van der Waals surface area (Å²) in [5, 5.41) is 12.2. The van der Waals surface area contributed by atoms with Crippen molar-refractivity contribution in [1.82, 2.24) is 0 Å². The lowest BCUT2D eigenvalue weighted by atomic mass is 10.1. The maximum atomic E-state index is 9.04. The molecule has 1 aliphatic rings. The molecule has 2 unspecified atom stereocenters. The third-order valence-corrected chi connectivity index (χ3v) is 4.58. The van der Waals surface area contributed by atoms with Crippen LogP contribution in [0.25, 0.3) is 0 Å². The Hall–Kier alpha value is -1.40. The van der Waals surface area contributed by atoms with E-state index in [0.717, 1.165) is 29.2 Å². The van der Waals surface area contributed by atoms with Gasteiger partial charge in [0.25, 0.3) is 0 Å². The lowest BCUT2D eigenvalue weighted by molar-refractivity contribution is 0.118. The molecule has 1 fully saturated rings. The number of ether oxygens (including phenoxy) is 1. The molecule has 1 aromatic rings. The Morgan fingerprint density at radius 1 is 1.55 bits per heavy atom. The normalized spacial score (nSPS) is 23.1. The van der Waals surface area contributed by atoms with Crippen molar-refractivity contribution in [2.75, 3.05) is 24.8 Å². The zero-order valence-electron chi connectivity index (χ0n) is 12.0. The summed E-state index contributed by atoms with van der Waals surface area (Å²) in [6, 6.07) is 6.27. The predicted molar refractivity (Wildman–Crippen MR) is 83.0 cm³/mol. The van der Waals surface area contributed by atoms with E-state index in [-0.39, 0.29) is 11.9 Å². The molecule has 20 heavy (non-hydrogen) atoms. The maximum Gasteiger partial charge on any atom is 0.173 e. The second kappa shape index (κ2) is 6.37. The summed E-state index contributed by atoms with van der Waals surface area (Å²) in [4.78, 5) is 3.17. The first-order chi connectivity index (χ1) is 9.60. The van der Waals surface area contributed by atoms with E-state index in [1.807, 2.05) is 31.5 Å². The number of nitrogens with two attached hydrogens (primary N) is 1. The highest BCUT2D eigenvalue weighted by molar-refractivity contribution is 7.98. The van der Waals surface area contributed by atoms with Crippen LogP contribution in [-0.2, 0) is 4.74 Å². The molecule has 2 rings (SSSR count). The van der Waals surface area contributed by atoms with Gasteiger partial charge in [0.2, 0.25) is 0 Å². The number of hydrogen-bond acceptors (Lipinski definition) is 5. The first-order valence-electron chi connectivity index (χ1n) is 6.59. The van der Waals surface area contributed by atoms with E-state index in [9.17, 15) is 0 Å². The molecule has 5 nitrogen and oxygen atoms in total. The van der Waals surface area contributed by atoms with Crippen LogP contribution in [0.2, 0.25) is 0 Å². The monoisotopic (exact) mass is 295 g/mol. The van der Waals surface area contributed by atoms with E-state index < -0.39 is 0 Å². The fraction of sp³-hybridized carbons (Fsp3) is 0.500. The Labute approximate surface area is 123 Å². The van der Waals surface area contributed by atoms with Crippen LogP contribution in [-0.4, -0.2) is 43.1 Å². The van der Waals surface area contributed by atoms with Crippen LogP contribution < -0.4 is 10.6 Å². The van der Waals surface area contributed by atoms with Crippen LogP contribution in [0.4, 0.5) is 5.69 Å². The van der Waals surface area contributed by atoms with Crippen molar-refractivity contribution < 1.29 is 9.94 Å². The van der Waals surface area contributed by atoms with Gasteiger partial charge in [-0.15, -0.1) is 11.8 Å². The molecule has 0 spiro atoms. The van der Waals surface area contributed by atoms with Crippen LogP contribution in [0.5, 0.6) is 0 Å². The third-order valence-electron chi connectivity index (χ3n) is 3.80. The van der Waals surface area contributed by atoms with Gasteiger partial charge in [-0.3, -0.25) is 0 Å². The molecule has 0 radical (unpaired) electrons. The first kappa shape index (κ1) is 15.0. The average molecular weight is 295 g/mol. The van der Waals surface area contributed by atoms with Gasteiger partial charge >= 0.3 is 0 Å². The molecule has 1 heterocycles. The summed E-state index contributed by atoms with van der Waals surface area (Å²) >= 11 is 1.58. The Morgan fingerprint density at radius 2 is 2.30 bits per heavy atom. The van der Waals surface area contributed by atoms with Crippen molar-refractivity contribution in [3.05, 3.63) is 23.8 Å². The van der Waals surface area contributed by atoms with Crippen molar-refractivity contribution in [2.24, 2.45) is 10.9 Å². The van der Waals surface area contributed by atoms with Gasteiger partial charge in [-0.2, -0.15) is 0 Å². The van der Waals surface area contributed by atoms with Crippen molar-refractivity contribution >= 4 is 23.3 Å². The molecule has 6 heteroatoms. The van der Waals surface area contributed by atoms with Crippen molar-refractivity contribution in [3.8, 4) is 0 Å².